The minimum atomic E-state index is -0.0202. The Balaban J connectivity index is 1.08. The van der Waals surface area contributed by atoms with Crippen LogP contribution in [0.15, 0.2) is 46.4 Å². The third kappa shape index (κ3) is 4.90. The van der Waals surface area contributed by atoms with E-state index < -0.39 is 0 Å². The molecule has 0 saturated carbocycles. The monoisotopic (exact) mass is 440 g/mol. The Kier molecular flexibility index (Phi) is 5.88. The number of furan rings is 1. The number of fused-ring (bicyclic) bond motifs is 1. The van der Waals surface area contributed by atoms with Crippen LogP contribution in [0.2, 0.25) is 0 Å². The van der Waals surface area contributed by atoms with Crippen molar-refractivity contribution in [2.75, 3.05) is 51.3 Å². The number of ether oxygens (including phenoxy) is 2. The Bertz CT molecular complexity index is 1030. The summed E-state index contributed by atoms with van der Waals surface area (Å²) in [6.45, 7) is 5.80. The fourth-order valence-corrected chi connectivity index (χ4v) is 4.57. The molecular weight excluding hydrogens is 416 g/mol. The van der Waals surface area contributed by atoms with E-state index in [0.29, 0.717) is 25.5 Å². The van der Waals surface area contributed by atoms with Gasteiger partial charge in [-0.3, -0.25) is 14.6 Å². The van der Waals surface area contributed by atoms with E-state index in [1.165, 1.54) is 0 Å². The summed E-state index contributed by atoms with van der Waals surface area (Å²) in [5.41, 5.74) is 1.61. The van der Waals surface area contributed by atoms with Gasteiger partial charge in [0.2, 0.25) is 5.91 Å². The standard InChI is InChI=1S/C22H24N4O4S/c27-21(23-16-3-4-19-20(12-16)30-11-10-29-19)13-25-5-7-26(8-6-25)14-22-24-17(15-31-22)18-2-1-9-28-18/h1-4,9,12,15H,5-8,10-11,13-14H2,(H,23,27). The van der Waals surface area contributed by atoms with Gasteiger partial charge in [-0.05, 0) is 24.3 Å². The summed E-state index contributed by atoms with van der Waals surface area (Å²) in [6, 6.07) is 9.29. The smallest absolute Gasteiger partial charge is 0.238 e. The highest BCUT2D eigenvalue weighted by Gasteiger charge is 2.21. The van der Waals surface area contributed by atoms with Gasteiger partial charge in [0, 0.05) is 43.3 Å². The molecule has 1 saturated heterocycles. The molecule has 0 spiro atoms. The maximum absolute atomic E-state index is 12.5. The first-order chi connectivity index (χ1) is 15.2. The minimum Gasteiger partial charge on any atom is -0.486 e. The van der Waals surface area contributed by atoms with Crippen molar-refractivity contribution in [2.24, 2.45) is 0 Å². The highest BCUT2D eigenvalue weighted by Crippen LogP contribution is 2.32. The highest BCUT2D eigenvalue weighted by molar-refractivity contribution is 7.09. The number of hydrogen-bond donors (Lipinski definition) is 1. The molecule has 8 nitrogen and oxygen atoms in total. The summed E-state index contributed by atoms with van der Waals surface area (Å²) in [4.78, 5) is 21.7. The van der Waals surface area contributed by atoms with Crippen LogP contribution in [0, 0.1) is 0 Å². The second kappa shape index (κ2) is 9.09. The first kappa shape index (κ1) is 20.0. The van der Waals surface area contributed by atoms with Crippen molar-refractivity contribution in [1.82, 2.24) is 14.8 Å². The lowest BCUT2D eigenvalue weighted by Crippen LogP contribution is -2.48. The molecule has 162 valence electrons. The Hall–Kier alpha value is -2.88. The van der Waals surface area contributed by atoms with Crippen molar-refractivity contribution in [3.8, 4) is 23.0 Å². The molecule has 1 amide bonds. The molecule has 1 N–H and O–H groups in total. The number of piperazine rings is 1. The molecular formula is C22H24N4O4S. The third-order valence-corrected chi connectivity index (χ3v) is 6.18. The summed E-state index contributed by atoms with van der Waals surface area (Å²) in [7, 11) is 0. The average molecular weight is 441 g/mol. The summed E-state index contributed by atoms with van der Waals surface area (Å²) >= 11 is 1.65. The number of hydrogen-bond acceptors (Lipinski definition) is 8. The number of anilines is 1. The second-order valence-corrected chi connectivity index (χ2v) is 8.51. The summed E-state index contributed by atoms with van der Waals surface area (Å²) in [5.74, 6) is 2.18. The maximum Gasteiger partial charge on any atom is 0.238 e. The van der Waals surface area contributed by atoms with Gasteiger partial charge in [-0.15, -0.1) is 11.3 Å². The van der Waals surface area contributed by atoms with E-state index in [-0.39, 0.29) is 5.91 Å². The van der Waals surface area contributed by atoms with Gasteiger partial charge >= 0.3 is 0 Å². The van der Waals surface area contributed by atoms with Crippen molar-refractivity contribution < 1.29 is 18.7 Å². The van der Waals surface area contributed by atoms with Crippen molar-refractivity contribution in [2.45, 2.75) is 6.54 Å². The van der Waals surface area contributed by atoms with Crippen LogP contribution >= 0.6 is 11.3 Å². The third-order valence-electron chi connectivity index (χ3n) is 5.34. The van der Waals surface area contributed by atoms with Gasteiger partial charge in [-0.1, -0.05) is 0 Å². The molecule has 0 aliphatic carbocycles. The van der Waals surface area contributed by atoms with Gasteiger partial charge in [-0.25, -0.2) is 4.98 Å². The molecule has 3 aromatic rings. The molecule has 31 heavy (non-hydrogen) atoms. The fourth-order valence-electron chi connectivity index (χ4n) is 3.74. The van der Waals surface area contributed by atoms with Gasteiger partial charge in [0.15, 0.2) is 17.3 Å². The Morgan fingerprint density at radius 3 is 2.68 bits per heavy atom. The molecule has 0 radical (unpaired) electrons. The van der Waals surface area contributed by atoms with Gasteiger partial charge < -0.3 is 19.2 Å². The van der Waals surface area contributed by atoms with E-state index in [1.807, 2.05) is 35.7 Å². The SMILES string of the molecule is O=C(CN1CCN(Cc2nc(-c3ccco3)cs2)CC1)Nc1ccc2c(c1)OCCO2. The number of benzene rings is 1. The zero-order valence-corrected chi connectivity index (χ0v) is 17.9. The van der Waals surface area contributed by atoms with E-state index in [2.05, 4.69) is 20.1 Å². The molecule has 2 aromatic heterocycles. The van der Waals surface area contributed by atoms with E-state index >= 15 is 0 Å². The molecule has 2 aliphatic rings. The number of rotatable bonds is 6. The molecule has 1 aromatic carbocycles. The normalized spacial score (nSPS) is 16.9. The first-order valence-corrected chi connectivity index (χ1v) is 11.2. The van der Waals surface area contributed by atoms with Crippen LogP contribution in [0.5, 0.6) is 11.5 Å². The number of nitrogens with zero attached hydrogens (tertiary/aromatic N) is 3. The lowest BCUT2D eigenvalue weighted by molar-refractivity contribution is -0.117. The fraction of sp³-hybridized carbons (Fsp3) is 0.364. The first-order valence-electron chi connectivity index (χ1n) is 10.4. The predicted octanol–water partition coefficient (Wildman–Crippen LogP) is 2.93. The lowest BCUT2D eigenvalue weighted by Gasteiger charge is -2.33. The van der Waals surface area contributed by atoms with Gasteiger partial charge in [0.1, 0.15) is 23.9 Å². The molecule has 0 bridgehead atoms. The van der Waals surface area contributed by atoms with Crippen LogP contribution in [0.4, 0.5) is 5.69 Å². The van der Waals surface area contributed by atoms with Crippen molar-refractivity contribution in [3.63, 3.8) is 0 Å². The predicted molar refractivity (Wildman–Crippen MR) is 118 cm³/mol. The molecule has 9 heteroatoms. The zero-order valence-electron chi connectivity index (χ0n) is 17.1. The van der Waals surface area contributed by atoms with Crippen LogP contribution in [0.3, 0.4) is 0 Å². The molecule has 0 atom stereocenters. The van der Waals surface area contributed by atoms with Crippen LogP contribution in [-0.4, -0.2) is 66.6 Å². The molecule has 0 unspecified atom stereocenters. The van der Waals surface area contributed by atoms with Gasteiger partial charge in [0.05, 0.1) is 19.4 Å². The Labute approximate surface area is 184 Å². The summed E-state index contributed by atoms with van der Waals surface area (Å²) in [5, 5.41) is 6.07. The topological polar surface area (TPSA) is 80.1 Å². The quantitative estimate of drug-likeness (QED) is 0.631. The van der Waals surface area contributed by atoms with Crippen molar-refractivity contribution in [3.05, 3.63) is 47.0 Å². The van der Waals surface area contributed by atoms with Gasteiger partial charge in [-0.2, -0.15) is 0 Å². The van der Waals surface area contributed by atoms with E-state index in [0.717, 1.165) is 60.6 Å². The Morgan fingerprint density at radius 1 is 1.06 bits per heavy atom. The molecule has 4 heterocycles. The van der Waals surface area contributed by atoms with Crippen molar-refractivity contribution in [1.29, 1.82) is 0 Å². The van der Waals surface area contributed by atoms with Crippen LogP contribution in [0.1, 0.15) is 5.01 Å². The molecule has 1 fully saturated rings. The summed E-state index contributed by atoms with van der Waals surface area (Å²) in [6.07, 6.45) is 1.66. The van der Waals surface area contributed by atoms with Gasteiger partial charge in [0.25, 0.3) is 0 Å². The number of nitrogens with one attached hydrogen (secondary N) is 1. The van der Waals surface area contributed by atoms with E-state index in [1.54, 1.807) is 17.6 Å². The van der Waals surface area contributed by atoms with Crippen LogP contribution in [0.25, 0.3) is 11.5 Å². The lowest BCUT2D eigenvalue weighted by atomic mass is 10.2. The highest BCUT2D eigenvalue weighted by atomic mass is 32.1. The molecule has 2 aliphatic heterocycles. The number of amides is 1. The zero-order chi connectivity index (χ0) is 21.0. The van der Waals surface area contributed by atoms with Crippen LogP contribution in [-0.2, 0) is 11.3 Å². The number of aromatic nitrogens is 1. The number of carbonyl (C=O) groups is 1. The number of thiazole rings is 1. The summed E-state index contributed by atoms with van der Waals surface area (Å²) < 4.78 is 16.5. The second-order valence-electron chi connectivity index (χ2n) is 7.56. The van der Waals surface area contributed by atoms with Crippen molar-refractivity contribution >= 4 is 22.9 Å². The Morgan fingerprint density at radius 2 is 1.87 bits per heavy atom. The average Bonchev–Trinajstić information content (AvgIpc) is 3.47. The van der Waals surface area contributed by atoms with E-state index in [9.17, 15) is 4.79 Å². The number of carbonyl (C=O) groups excluding carboxylic acids is 1. The van der Waals surface area contributed by atoms with Crippen LogP contribution < -0.4 is 14.8 Å². The maximum atomic E-state index is 12.5. The largest absolute Gasteiger partial charge is 0.486 e. The van der Waals surface area contributed by atoms with E-state index in [4.69, 9.17) is 13.9 Å². The molecule has 5 rings (SSSR count). The minimum absolute atomic E-state index is 0.0202.